The second-order valence-corrected chi connectivity index (χ2v) is 6.03. The van der Waals surface area contributed by atoms with Crippen molar-refractivity contribution in [2.24, 2.45) is 0 Å². The van der Waals surface area contributed by atoms with E-state index in [0.29, 0.717) is 29.1 Å². The van der Waals surface area contributed by atoms with Crippen molar-refractivity contribution in [1.29, 1.82) is 0 Å². The van der Waals surface area contributed by atoms with Gasteiger partial charge in [-0.3, -0.25) is 9.59 Å². The number of esters is 1. The minimum Gasteiger partial charge on any atom is -0.462 e. The minimum absolute atomic E-state index is 0.236. The molecule has 144 valence electrons. The summed E-state index contributed by atoms with van der Waals surface area (Å²) < 4.78 is 42.7. The summed E-state index contributed by atoms with van der Waals surface area (Å²) in [6.07, 6.45) is -4.76. The molecule has 2 N–H and O–H groups in total. The summed E-state index contributed by atoms with van der Waals surface area (Å²) >= 11 is 0.654. The lowest BCUT2D eigenvalue weighted by Gasteiger charge is -2.08. The van der Waals surface area contributed by atoms with E-state index in [4.69, 9.17) is 4.74 Å². The third-order valence-corrected chi connectivity index (χ3v) is 3.90. The summed E-state index contributed by atoms with van der Waals surface area (Å²) in [6, 6.07) is 6.24. The molecule has 7 nitrogen and oxygen atoms in total. The molecule has 0 spiro atoms. The summed E-state index contributed by atoms with van der Waals surface area (Å²) in [6.45, 7) is 1.91. The average molecular weight is 401 g/mol. The summed E-state index contributed by atoms with van der Waals surface area (Å²) in [7, 11) is 0. The maximum absolute atomic E-state index is 12.6. The number of aromatic nitrogens is 2. The Morgan fingerprint density at radius 1 is 1.26 bits per heavy atom. The topological polar surface area (TPSA) is 101 Å². The van der Waals surface area contributed by atoms with Crippen LogP contribution in [0.3, 0.4) is 0 Å². The van der Waals surface area contributed by atoms with Crippen LogP contribution in [-0.2, 0) is 15.7 Å². The van der Waals surface area contributed by atoms with Crippen molar-refractivity contribution in [3.05, 3.63) is 51.9 Å². The van der Waals surface area contributed by atoms with Gasteiger partial charge in [-0.05, 0) is 31.2 Å². The van der Waals surface area contributed by atoms with Gasteiger partial charge >= 0.3 is 12.1 Å². The molecule has 0 aliphatic carbocycles. The van der Waals surface area contributed by atoms with E-state index in [9.17, 15) is 27.6 Å². The Kier molecular flexibility index (Phi) is 6.61. The number of nitrogens with one attached hydrogen (secondary N) is 2. The molecule has 2 aromatic rings. The molecule has 1 aromatic carbocycles. The van der Waals surface area contributed by atoms with E-state index in [-0.39, 0.29) is 17.5 Å². The highest BCUT2D eigenvalue weighted by Gasteiger charge is 2.33. The first kappa shape index (κ1) is 20.5. The number of hydrogen-bond donors (Lipinski definition) is 2. The first-order chi connectivity index (χ1) is 12.7. The number of thioether (sulfide) groups is 1. The van der Waals surface area contributed by atoms with Crippen molar-refractivity contribution in [2.45, 2.75) is 18.3 Å². The molecule has 0 atom stereocenters. The van der Waals surface area contributed by atoms with Gasteiger partial charge in [-0.1, -0.05) is 11.8 Å². The molecule has 1 amide bonds. The largest absolute Gasteiger partial charge is 0.462 e. The van der Waals surface area contributed by atoms with Crippen LogP contribution in [-0.4, -0.2) is 34.2 Å². The van der Waals surface area contributed by atoms with Gasteiger partial charge in [-0.15, -0.1) is 0 Å². The van der Waals surface area contributed by atoms with Gasteiger partial charge in [0.25, 0.3) is 5.56 Å². The third-order valence-electron chi connectivity index (χ3n) is 3.03. The van der Waals surface area contributed by atoms with Crippen LogP contribution in [0.25, 0.3) is 0 Å². The molecule has 0 unspecified atom stereocenters. The zero-order valence-corrected chi connectivity index (χ0v) is 14.7. The van der Waals surface area contributed by atoms with Crippen molar-refractivity contribution in [1.82, 2.24) is 9.97 Å². The Balaban J connectivity index is 1.96. The number of benzene rings is 1. The van der Waals surface area contributed by atoms with Crippen molar-refractivity contribution < 1.29 is 27.5 Å². The highest BCUT2D eigenvalue weighted by atomic mass is 32.2. The van der Waals surface area contributed by atoms with Crippen LogP contribution in [0.4, 0.5) is 18.9 Å². The highest BCUT2D eigenvalue weighted by Crippen LogP contribution is 2.27. The number of rotatable bonds is 6. The van der Waals surface area contributed by atoms with E-state index < -0.39 is 29.3 Å². The third kappa shape index (κ3) is 6.13. The maximum atomic E-state index is 12.6. The van der Waals surface area contributed by atoms with E-state index in [1.54, 1.807) is 6.92 Å². The van der Waals surface area contributed by atoms with Gasteiger partial charge in [-0.25, -0.2) is 9.78 Å². The van der Waals surface area contributed by atoms with Gasteiger partial charge in [-0.2, -0.15) is 13.2 Å². The average Bonchev–Trinajstić information content (AvgIpc) is 2.59. The lowest BCUT2D eigenvalue weighted by molar-refractivity contribution is -0.141. The van der Waals surface area contributed by atoms with Gasteiger partial charge in [0.1, 0.15) is 0 Å². The monoisotopic (exact) mass is 401 g/mol. The van der Waals surface area contributed by atoms with Crippen LogP contribution in [0.5, 0.6) is 0 Å². The molecule has 11 heteroatoms. The van der Waals surface area contributed by atoms with Gasteiger partial charge in [0.2, 0.25) is 5.91 Å². The number of aromatic amines is 1. The number of halogens is 3. The Morgan fingerprint density at radius 3 is 2.52 bits per heavy atom. The lowest BCUT2D eigenvalue weighted by atomic mass is 10.2. The number of alkyl halides is 3. The Labute approximate surface area is 155 Å². The normalized spacial score (nSPS) is 11.1. The van der Waals surface area contributed by atoms with Crippen molar-refractivity contribution in [3.8, 4) is 0 Å². The Bertz CT molecular complexity index is 882. The fourth-order valence-corrected chi connectivity index (χ4v) is 2.56. The molecule has 0 saturated carbocycles. The predicted molar refractivity (Wildman–Crippen MR) is 91.6 cm³/mol. The second-order valence-electron chi connectivity index (χ2n) is 5.07. The molecule has 27 heavy (non-hydrogen) atoms. The smallest absolute Gasteiger partial charge is 0.433 e. The number of carbonyl (C=O) groups excluding carboxylic acids is 2. The quantitative estimate of drug-likeness (QED) is 0.439. The van der Waals surface area contributed by atoms with Crippen LogP contribution < -0.4 is 10.9 Å². The predicted octanol–water partition coefficient (Wildman–Crippen LogP) is 2.70. The SMILES string of the molecule is CCOC(=O)c1ccc(NC(=O)CSc2nc(C(F)(F)F)cc(=O)[nH]2)cc1. The number of hydrogen-bond acceptors (Lipinski definition) is 6. The fourth-order valence-electron chi connectivity index (χ4n) is 1.88. The zero-order valence-electron chi connectivity index (χ0n) is 13.9. The lowest BCUT2D eigenvalue weighted by Crippen LogP contribution is -2.18. The number of anilines is 1. The van der Waals surface area contributed by atoms with Gasteiger partial charge in [0.15, 0.2) is 10.9 Å². The summed E-state index contributed by atoms with van der Waals surface area (Å²) in [5.41, 5.74) is -1.59. The summed E-state index contributed by atoms with van der Waals surface area (Å²) in [4.78, 5) is 40.1. The molecule has 0 bridgehead atoms. The molecule has 0 aliphatic rings. The Morgan fingerprint density at radius 2 is 1.93 bits per heavy atom. The number of H-pyrrole nitrogens is 1. The summed E-state index contributed by atoms with van der Waals surface area (Å²) in [5, 5.41) is 2.20. The van der Waals surface area contributed by atoms with E-state index in [2.05, 4.69) is 15.3 Å². The molecule has 0 fully saturated rings. The number of ether oxygens (including phenoxy) is 1. The molecule has 0 saturated heterocycles. The van der Waals surface area contributed by atoms with Crippen molar-refractivity contribution >= 4 is 29.3 Å². The fraction of sp³-hybridized carbons (Fsp3) is 0.250. The van der Waals surface area contributed by atoms with E-state index in [0.717, 1.165) is 0 Å². The van der Waals surface area contributed by atoms with Gasteiger partial charge in [0.05, 0.1) is 17.9 Å². The van der Waals surface area contributed by atoms with Crippen LogP contribution >= 0.6 is 11.8 Å². The number of amides is 1. The van der Waals surface area contributed by atoms with Crippen molar-refractivity contribution in [3.63, 3.8) is 0 Å². The summed E-state index contributed by atoms with van der Waals surface area (Å²) in [5.74, 6) is -1.29. The molecular weight excluding hydrogens is 387 g/mol. The van der Waals surface area contributed by atoms with Crippen LogP contribution in [0.15, 0.2) is 40.3 Å². The molecule has 1 aromatic heterocycles. The molecule has 0 aliphatic heterocycles. The molecule has 1 heterocycles. The molecular formula is C16H14F3N3O4S. The van der Waals surface area contributed by atoms with E-state index in [1.807, 2.05) is 0 Å². The second kappa shape index (κ2) is 8.71. The van der Waals surface area contributed by atoms with Gasteiger partial charge in [0, 0.05) is 11.8 Å². The maximum Gasteiger partial charge on any atom is 0.433 e. The van der Waals surface area contributed by atoms with Crippen LogP contribution in [0.2, 0.25) is 0 Å². The number of carbonyl (C=O) groups is 2. The minimum atomic E-state index is -4.76. The van der Waals surface area contributed by atoms with E-state index in [1.165, 1.54) is 24.3 Å². The highest BCUT2D eigenvalue weighted by molar-refractivity contribution is 7.99. The van der Waals surface area contributed by atoms with Crippen molar-refractivity contribution in [2.75, 3.05) is 17.7 Å². The Hall–Kier alpha value is -2.82. The molecule has 0 radical (unpaired) electrons. The molecule has 2 rings (SSSR count). The van der Waals surface area contributed by atoms with Crippen LogP contribution in [0.1, 0.15) is 23.0 Å². The first-order valence-corrected chi connectivity index (χ1v) is 8.56. The van der Waals surface area contributed by atoms with Gasteiger partial charge < -0.3 is 15.0 Å². The first-order valence-electron chi connectivity index (χ1n) is 7.57. The standard InChI is InChI=1S/C16H14F3N3O4S/c1-2-26-14(25)9-3-5-10(6-4-9)20-13(24)8-27-15-21-11(16(17,18)19)7-12(23)22-15/h3-7H,2,8H2,1H3,(H,20,24)(H,21,22,23). The zero-order chi connectivity index (χ0) is 20.0. The van der Waals surface area contributed by atoms with Crippen LogP contribution in [0, 0.1) is 0 Å². The number of nitrogens with zero attached hydrogens (tertiary/aromatic N) is 1. The van der Waals surface area contributed by atoms with E-state index >= 15 is 0 Å².